The summed E-state index contributed by atoms with van der Waals surface area (Å²) in [7, 11) is 1.23. The first kappa shape index (κ1) is 15.1. The third kappa shape index (κ3) is 3.42. The summed E-state index contributed by atoms with van der Waals surface area (Å²) in [5, 5.41) is 0. The highest BCUT2D eigenvalue weighted by Gasteiger charge is 2.35. The lowest BCUT2D eigenvalue weighted by Gasteiger charge is -2.15. The Balaban J connectivity index is 2.41. The summed E-state index contributed by atoms with van der Waals surface area (Å²) in [6, 6.07) is 5.53. The van der Waals surface area contributed by atoms with Crippen LogP contribution in [0.5, 0.6) is 17.2 Å². The van der Waals surface area contributed by atoms with Gasteiger partial charge >= 0.3 is 6.18 Å². The standard InChI is InChI=1S/C14H9F5O2/c1-20-8-3-5-13(10(6-8)14(17,18)19)21-9-2-4-11(15)12(16)7-9/h2-7H,1H3. The van der Waals surface area contributed by atoms with Crippen LogP contribution in [0.3, 0.4) is 0 Å². The Bertz CT molecular complexity index is 652. The minimum absolute atomic E-state index is 0.0000355. The van der Waals surface area contributed by atoms with Crippen LogP contribution in [0.25, 0.3) is 0 Å². The number of halogens is 5. The van der Waals surface area contributed by atoms with Crippen molar-refractivity contribution in [1.29, 1.82) is 0 Å². The Hall–Kier alpha value is -2.31. The molecule has 0 unspecified atom stereocenters. The molecule has 2 aromatic carbocycles. The maximum absolute atomic E-state index is 13.0. The molecular formula is C14H9F5O2. The van der Waals surface area contributed by atoms with Crippen LogP contribution in [-0.4, -0.2) is 7.11 Å². The Morgan fingerprint density at radius 1 is 0.857 bits per heavy atom. The average molecular weight is 304 g/mol. The summed E-state index contributed by atoms with van der Waals surface area (Å²) in [5.74, 6) is -3.11. The highest BCUT2D eigenvalue weighted by atomic mass is 19.4. The van der Waals surface area contributed by atoms with Crippen molar-refractivity contribution in [3.63, 3.8) is 0 Å². The van der Waals surface area contributed by atoms with Gasteiger partial charge in [0, 0.05) is 6.07 Å². The van der Waals surface area contributed by atoms with Crippen LogP contribution in [-0.2, 0) is 6.18 Å². The second-order valence-corrected chi connectivity index (χ2v) is 4.04. The van der Waals surface area contributed by atoms with Gasteiger partial charge < -0.3 is 9.47 Å². The molecule has 0 heterocycles. The van der Waals surface area contributed by atoms with Gasteiger partial charge in [-0.1, -0.05) is 0 Å². The number of alkyl halides is 3. The van der Waals surface area contributed by atoms with E-state index in [0.717, 1.165) is 24.3 Å². The van der Waals surface area contributed by atoms with E-state index in [-0.39, 0.29) is 11.5 Å². The van der Waals surface area contributed by atoms with Gasteiger partial charge in [0.2, 0.25) is 0 Å². The Kier molecular flexibility index (Phi) is 4.02. The van der Waals surface area contributed by atoms with E-state index in [1.807, 2.05) is 0 Å². The first-order valence-corrected chi connectivity index (χ1v) is 5.69. The topological polar surface area (TPSA) is 18.5 Å². The van der Waals surface area contributed by atoms with Crippen LogP contribution < -0.4 is 9.47 Å². The summed E-state index contributed by atoms with van der Waals surface area (Å²) in [5.41, 5.74) is -1.08. The highest BCUT2D eigenvalue weighted by Crippen LogP contribution is 2.40. The Morgan fingerprint density at radius 2 is 1.52 bits per heavy atom. The van der Waals surface area contributed by atoms with E-state index in [9.17, 15) is 22.0 Å². The minimum atomic E-state index is -4.68. The van der Waals surface area contributed by atoms with E-state index in [2.05, 4.69) is 0 Å². The molecule has 0 fully saturated rings. The molecule has 0 N–H and O–H groups in total. The molecule has 21 heavy (non-hydrogen) atoms. The van der Waals surface area contributed by atoms with Gasteiger partial charge in [-0.3, -0.25) is 0 Å². The molecule has 0 radical (unpaired) electrons. The molecule has 2 aromatic rings. The second-order valence-electron chi connectivity index (χ2n) is 4.04. The zero-order valence-electron chi connectivity index (χ0n) is 10.7. The zero-order valence-corrected chi connectivity index (χ0v) is 10.7. The third-order valence-electron chi connectivity index (χ3n) is 2.61. The number of methoxy groups -OCH3 is 1. The zero-order chi connectivity index (χ0) is 15.6. The number of rotatable bonds is 3. The largest absolute Gasteiger partial charge is 0.497 e. The normalized spacial score (nSPS) is 11.3. The van der Waals surface area contributed by atoms with Crippen molar-refractivity contribution >= 4 is 0 Å². The third-order valence-corrected chi connectivity index (χ3v) is 2.61. The molecule has 7 heteroatoms. The lowest BCUT2D eigenvalue weighted by molar-refractivity contribution is -0.138. The van der Waals surface area contributed by atoms with Crippen LogP contribution in [0, 0.1) is 11.6 Å². The van der Waals surface area contributed by atoms with Crippen LogP contribution in [0.15, 0.2) is 36.4 Å². The molecule has 2 rings (SSSR count). The fourth-order valence-electron chi connectivity index (χ4n) is 1.61. The summed E-state index contributed by atoms with van der Waals surface area (Å²) >= 11 is 0. The van der Waals surface area contributed by atoms with Crippen molar-refractivity contribution in [2.24, 2.45) is 0 Å². The summed E-state index contributed by atoms with van der Waals surface area (Å²) < 4.78 is 74.4. The highest BCUT2D eigenvalue weighted by molar-refractivity contribution is 5.44. The number of benzene rings is 2. The van der Waals surface area contributed by atoms with E-state index >= 15 is 0 Å². The SMILES string of the molecule is COc1ccc(Oc2ccc(F)c(F)c2)c(C(F)(F)F)c1. The fourth-order valence-corrected chi connectivity index (χ4v) is 1.61. The lowest BCUT2D eigenvalue weighted by atomic mass is 10.2. The molecule has 112 valence electrons. The summed E-state index contributed by atoms with van der Waals surface area (Å²) in [6.45, 7) is 0. The number of hydrogen-bond donors (Lipinski definition) is 0. The first-order chi connectivity index (χ1) is 9.81. The maximum Gasteiger partial charge on any atom is 0.420 e. The molecule has 0 aliphatic carbocycles. The van der Waals surface area contributed by atoms with E-state index < -0.39 is 29.1 Å². The Labute approximate surface area is 116 Å². The molecule has 0 bridgehead atoms. The van der Waals surface area contributed by atoms with Crippen LogP contribution in [0.4, 0.5) is 22.0 Å². The summed E-state index contributed by atoms with van der Waals surface area (Å²) in [4.78, 5) is 0. The predicted molar refractivity (Wildman–Crippen MR) is 64.4 cm³/mol. The lowest BCUT2D eigenvalue weighted by Crippen LogP contribution is -2.07. The molecule has 0 spiro atoms. The van der Waals surface area contributed by atoms with Gasteiger partial charge in [0.25, 0.3) is 0 Å². The van der Waals surface area contributed by atoms with E-state index in [1.54, 1.807) is 0 Å². The van der Waals surface area contributed by atoms with Crippen molar-refractivity contribution in [2.45, 2.75) is 6.18 Å². The molecule has 0 atom stereocenters. The predicted octanol–water partition coefficient (Wildman–Crippen LogP) is 4.78. The number of hydrogen-bond acceptors (Lipinski definition) is 2. The van der Waals surface area contributed by atoms with E-state index in [4.69, 9.17) is 9.47 Å². The van der Waals surface area contributed by atoms with Crippen molar-refractivity contribution < 1.29 is 31.4 Å². The molecular weight excluding hydrogens is 295 g/mol. The monoisotopic (exact) mass is 304 g/mol. The minimum Gasteiger partial charge on any atom is -0.497 e. The molecule has 2 nitrogen and oxygen atoms in total. The van der Waals surface area contributed by atoms with Crippen LogP contribution in [0.1, 0.15) is 5.56 Å². The number of ether oxygens (including phenoxy) is 2. The molecule has 0 aromatic heterocycles. The molecule has 0 aliphatic rings. The van der Waals surface area contributed by atoms with Gasteiger partial charge in [0.05, 0.1) is 7.11 Å². The Morgan fingerprint density at radius 3 is 2.10 bits per heavy atom. The fraction of sp³-hybridized carbons (Fsp3) is 0.143. The van der Waals surface area contributed by atoms with Gasteiger partial charge in [-0.15, -0.1) is 0 Å². The van der Waals surface area contributed by atoms with E-state index in [0.29, 0.717) is 6.07 Å². The second kappa shape index (κ2) is 5.59. The quantitative estimate of drug-likeness (QED) is 0.759. The summed E-state index contributed by atoms with van der Waals surface area (Å²) in [6.07, 6.45) is -4.68. The molecule has 0 saturated carbocycles. The molecule has 0 aliphatic heterocycles. The van der Waals surface area contributed by atoms with Crippen LogP contribution >= 0.6 is 0 Å². The van der Waals surface area contributed by atoms with Crippen molar-refractivity contribution in [1.82, 2.24) is 0 Å². The average Bonchev–Trinajstić information content (AvgIpc) is 2.42. The molecule has 0 saturated heterocycles. The van der Waals surface area contributed by atoms with Crippen LogP contribution in [0.2, 0.25) is 0 Å². The maximum atomic E-state index is 13.0. The van der Waals surface area contributed by atoms with Gasteiger partial charge in [-0.05, 0) is 30.3 Å². The van der Waals surface area contributed by atoms with Crippen molar-refractivity contribution in [3.8, 4) is 17.2 Å². The van der Waals surface area contributed by atoms with Crippen molar-refractivity contribution in [3.05, 3.63) is 53.6 Å². The van der Waals surface area contributed by atoms with E-state index in [1.165, 1.54) is 13.2 Å². The first-order valence-electron chi connectivity index (χ1n) is 5.69. The van der Waals surface area contributed by atoms with Gasteiger partial charge in [0.1, 0.15) is 22.8 Å². The van der Waals surface area contributed by atoms with Gasteiger partial charge in [-0.2, -0.15) is 13.2 Å². The smallest absolute Gasteiger partial charge is 0.420 e. The van der Waals surface area contributed by atoms with Gasteiger partial charge in [-0.25, -0.2) is 8.78 Å². The molecule has 0 amide bonds. The van der Waals surface area contributed by atoms with Gasteiger partial charge in [0.15, 0.2) is 11.6 Å². The van der Waals surface area contributed by atoms with Crippen molar-refractivity contribution in [2.75, 3.05) is 7.11 Å².